The van der Waals surface area contributed by atoms with Crippen LogP contribution < -0.4 is 9.47 Å². The molecule has 1 N–H and O–H groups in total. The first kappa shape index (κ1) is 16.2. The van der Waals surface area contributed by atoms with Gasteiger partial charge < -0.3 is 14.9 Å². The van der Waals surface area contributed by atoms with E-state index in [2.05, 4.69) is 0 Å². The van der Waals surface area contributed by atoms with Crippen LogP contribution in [0.5, 0.6) is 11.5 Å². The van der Waals surface area contributed by atoms with Crippen molar-refractivity contribution in [1.82, 2.24) is 0 Å². The van der Waals surface area contributed by atoms with E-state index in [1.165, 1.54) is 6.92 Å². The van der Waals surface area contributed by atoms with Gasteiger partial charge in [-0.25, -0.2) is 0 Å². The van der Waals surface area contributed by atoms with Crippen LogP contribution in [-0.4, -0.2) is 24.2 Å². The lowest BCUT2D eigenvalue weighted by molar-refractivity contribution is -0.123. The summed E-state index contributed by atoms with van der Waals surface area (Å²) in [5.41, 5.74) is 1.20. The second kappa shape index (κ2) is 7.68. The smallest absolute Gasteiger partial charge is 0.170 e. The molecule has 1 unspecified atom stereocenters. The van der Waals surface area contributed by atoms with Crippen LogP contribution in [0.25, 0.3) is 0 Å². The summed E-state index contributed by atoms with van der Waals surface area (Å²) in [5, 5.41) is 7.75. The van der Waals surface area contributed by atoms with E-state index >= 15 is 0 Å². The van der Waals surface area contributed by atoms with Crippen molar-refractivity contribution < 1.29 is 14.3 Å². The lowest BCUT2D eigenvalue weighted by Crippen LogP contribution is -2.23. The summed E-state index contributed by atoms with van der Waals surface area (Å²) in [6.07, 6.45) is 1.10. The van der Waals surface area contributed by atoms with Gasteiger partial charge in [0.05, 0.1) is 6.61 Å². The van der Waals surface area contributed by atoms with Crippen molar-refractivity contribution in [3.8, 4) is 11.5 Å². The SMILES string of the molecule is CCCOc1cc(OC(CC)C(C)=O)ccc1C(C)=N. The lowest BCUT2D eigenvalue weighted by Gasteiger charge is -2.17. The zero-order valence-electron chi connectivity index (χ0n) is 12.7. The normalized spacial score (nSPS) is 11.8. The predicted molar refractivity (Wildman–Crippen MR) is 80.1 cm³/mol. The Morgan fingerprint density at radius 1 is 1.30 bits per heavy atom. The van der Waals surface area contributed by atoms with Crippen LogP contribution in [-0.2, 0) is 4.79 Å². The van der Waals surface area contributed by atoms with Crippen molar-refractivity contribution in [3.05, 3.63) is 23.8 Å². The Morgan fingerprint density at radius 2 is 2.00 bits per heavy atom. The summed E-state index contributed by atoms with van der Waals surface area (Å²) in [7, 11) is 0. The molecule has 0 saturated heterocycles. The van der Waals surface area contributed by atoms with Crippen LogP contribution in [0.3, 0.4) is 0 Å². The van der Waals surface area contributed by atoms with Crippen molar-refractivity contribution in [3.63, 3.8) is 0 Å². The number of nitrogens with one attached hydrogen (secondary N) is 1. The van der Waals surface area contributed by atoms with Crippen LogP contribution in [0.15, 0.2) is 18.2 Å². The quantitative estimate of drug-likeness (QED) is 0.738. The average molecular weight is 277 g/mol. The molecule has 1 rings (SSSR count). The van der Waals surface area contributed by atoms with Gasteiger partial charge in [0.25, 0.3) is 0 Å². The van der Waals surface area contributed by atoms with Gasteiger partial charge in [0.2, 0.25) is 0 Å². The number of carbonyl (C=O) groups excluding carboxylic acids is 1. The molecule has 0 amide bonds. The number of ketones is 1. The van der Waals surface area contributed by atoms with E-state index in [1.54, 1.807) is 25.1 Å². The van der Waals surface area contributed by atoms with Crippen LogP contribution in [0.1, 0.15) is 46.1 Å². The first-order chi connectivity index (χ1) is 9.49. The Labute approximate surface area is 120 Å². The van der Waals surface area contributed by atoms with Crippen molar-refractivity contribution in [1.29, 1.82) is 5.41 Å². The molecule has 0 heterocycles. The molecule has 1 aromatic rings. The largest absolute Gasteiger partial charge is 0.493 e. The third kappa shape index (κ3) is 4.37. The molecule has 110 valence electrons. The van der Waals surface area contributed by atoms with Crippen LogP contribution in [0.2, 0.25) is 0 Å². The molecule has 0 aliphatic carbocycles. The molecule has 1 atom stereocenters. The second-order valence-electron chi connectivity index (χ2n) is 4.76. The molecule has 0 fully saturated rings. The van der Waals surface area contributed by atoms with Gasteiger partial charge in [-0.1, -0.05) is 13.8 Å². The molecule has 1 aromatic carbocycles. The summed E-state index contributed by atoms with van der Waals surface area (Å²) >= 11 is 0. The van der Waals surface area contributed by atoms with E-state index in [0.29, 0.717) is 30.2 Å². The van der Waals surface area contributed by atoms with Crippen molar-refractivity contribution in [2.24, 2.45) is 0 Å². The first-order valence-electron chi connectivity index (χ1n) is 6.99. The highest BCUT2D eigenvalue weighted by Crippen LogP contribution is 2.26. The van der Waals surface area contributed by atoms with E-state index in [0.717, 1.165) is 12.0 Å². The minimum atomic E-state index is -0.430. The maximum atomic E-state index is 11.4. The lowest BCUT2D eigenvalue weighted by atomic mass is 10.1. The number of carbonyl (C=O) groups is 1. The maximum Gasteiger partial charge on any atom is 0.170 e. The zero-order chi connectivity index (χ0) is 15.1. The van der Waals surface area contributed by atoms with Gasteiger partial charge in [-0.05, 0) is 38.8 Å². The molecule has 0 aromatic heterocycles. The van der Waals surface area contributed by atoms with E-state index in [4.69, 9.17) is 14.9 Å². The number of hydrogen-bond donors (Lipinski definition) is 1. The van der Waals surface area contributed by atoms with Gasteiger partial charge in [-0.15, -0.1) is 0 Å². The van der Waals surface area contributed by atoms with E-state index in [1.807, 2.05) is 13.8 Å². The molecular formula is C16H23NO3. The van der Waals surface area contributed by atoms with Crippen molar-refractivity contribution in [2.75, 3.05) is 6.61 Å². The first-order valence-corrected chi connectivity index (χ1v) is 6.99. The van der Waals surface area contributed by atoms with Gasteiger partial charge in [0.15, 0.2) is 11.9 Å². The Balaban J connectivity index is 2.99. The fraction of sp³-hybridized carbons (Fsp3) is 0.500. The number of benzene rings is 1. The minimum Gasteiger partial charge on any atom is -0.493 e. The number of Topliss-reactive ketones (excluding diaryl/α,β-unsaturated/α-hetero) is 1. The maximum absolute atomic E-state index is 11.4. The van der Waals surface area contributed by atoms with Crippen LogP contribution in [0, 0.1) is 5.41 Å². The number of ether oxygens (including phenoxy) is 2. The van der Waals surface area contributed by atoms with Crippen LogP contribution in [0.4, 0.5) is 0 Å². The summed E-state index contributed by atoms with van der Waals surface area (Å²) < 4.78 is 11.3. The Bertz CT molecular complexity index is 483. The summed E-state index contributed by atoms with van der Waals surface area (Å²) in [4.78, 5) is 11.4. The van der Waals surface area contributed by atoms with E-state index < -0.39 is 6.10 Å². The molecular weight excluding hydrogens is 254 g/mol. The minimum absolute atomic E-state index is 0.0100. The Hall–Kier alpha value is -1.84. The molecule has 20 heavy (non-hydrogen) atoms. The molecule has 0 aliphatic heterocycles. The third-order valence-electron chi connectivity index (χ3n) is 2.92. The fourth-order valence-corrected chi connectivity index (χ4v) is 1.84. The Kier molecular flexibility index (Phi) is 6.22. The zero-order valence-corrected chi connectivity index (χ0v) is 12.7. The van der Waals surface area contributed by atoms with Gasteiger partial charge in [-0.3, -0.25) is 4.79 Å². The molecule has 0 radical (unpaired) electrons. The highest BCUT2D eigenvalue weighted by atomic mass is 16.5. The highest BCUT2D eigenvalue weighted by Gasteiger charge is 2.15. The Morgan fingerprint density at radius 3 is 2.50 bits per heavy atom. The molecule has 0 saturated carbocycles. The fourth-order valence-electron chi connectivity index (χ4n) is 1.84. The molecule has 0 bridgehead atoms. The van der Waals surface area contributed by atoms with Crippen molar-refractivity contribution in [2.45, 2.75) is 46.6 Å². The van der Waals surface area contributed by atoms with Gasteiger partial charge in [0.1, 0.15) is 11.5 Å². The third-order valence-corrected chi connectivity index (χ3v) is 2.92. The molecule has 0 spiro atoms. The number of rotatable bonds is 8. The van der Waals surface area contributed by atoms with Crippen LogP contribution >= 0.6 is 0 Å². The monoisotopic (exact) mass is 277 g/mol. The van der Waals surface area contributed by atoms with E-state index in [9.17, 15) is 4.79 Å². The standard InChI is InChI=1S/C16H23NO3/c1-5-9-19-16-10-13(7-8-14(16)11(3)17)20-15(6-2)12(4)18/h7-8,10,15,17H,5-6,9H2,1-4H3. The highest BCUT2D eigenvalue weighted by molar-refractivity contribution is 5.99. The topological polar surface area (TPSA) is 59.4 Å². The molecule has 4 heteroatoms. The molecule has 0 aliphatic rings. The van der Waals surface area contributed by atoms with Gasteiger partial charge in [0, 0.05) is 17.3 Å². The predicted octanol–water partition coefficient (Wildman–Crippen LogP) is 3.61. The van der Waals surface area contributed by atoms with E-state index in [-0.39, 0.29) is 5.78 Å². The second-order valence-corrected chi connectivity index (χ2v) is 4.76. The number of hydrogen-bond acceptors (Lipinski definition) is 4. The summed E-state index contributed by atoms with van der Waals surface area (Å²) in [5.74, 6) is 1.24. The van der Waals surface area contributed by atoms with Gasteiger partial charge >= 0.3 is 0 Å². The summed E-state index contributed by atoms with van der Waals surface area (Å²) in [6.45, 7) is 7.78. The van der Waals surface area contributed by atoms with Gasteiger partial charge in [-0.2, -0.15) is 0 Å². The average Bonchev–Trinajstić information content (AvgIpc) is 2.41. The van der Waals surface area contributed by atoms with Crippen molar-refractivity contribution >= 4 is 11.5 Å². The molecule has 4 nitrogen and oxygen atoms in total. The summed E-state index contributed by atoms with van der Waals surface area (Å²) in [6, 6.07) is 5.34.